The molecule has 0 radical (unpaired) electrons. The lowest BCUT2D eigenvalue weighted by Crippen LogP contribution is -2.29. The van der Waals surface area contributed by atoms with Crippen LogP contribution in [0.5, 0.6) is 5.75 Å². The van der Waals surface area contributed by atoms with Gasteiger partial charge in [0.25, 0.3) is 0 Å². The van der Waals surface area contributed by atoms with Crippen molar-refractivity contribution in [1.29, 1.82) is 5.26 Å². The van der Waals surface area contributed by atoms with Crippen molar-refractivity contribution in [1.82, 2.24) is 5.32 Å². The molecule has 7 nitrogen and oxygen atoms in total. The fourth-order valence-electron chi connectivity index (χ4n) is 3.76. The number of benzene rings is 2. The van der Waals surface area contributed by atoms with E-state index in [1.807, 2.05) is 62.4 Å². The third kappa shape index (κ3) is 5.43. The maximum absolute atomic E-state index is 12.7. The predicted octanol–water partition coefficient (Wildman–Crippen LogP) is 4.63. The number of nitrogens with zero attached hydrogens (tertiary/aromatic N) is 1. The van der Waals surface area contributed by atoms with Crippen LogP contribution in [0.4, 0.5) is 5.69 Å². The van der Waals surface area contributed by atoms with Gasteiger partial charge in [-0.25, -0.2) is 4.79 Å². The third-order valence-corrected chi connectivity index (χ3v) is 6.37. The second kappa shape index (κ2) is 11.4. The normalized spacial score (nSPS) is 15.3. The van der Waals surface area contributed by atoms with Crippen LogP contribution in [0.25, 0.3) is 0 Å². The highest BCUT2D eigenvalue weighted by molar-refractivity contribution is 8.03. The summed E-state index contributed by atoms with van der Waals surface area (Å²) >= 11 is 1.21. The number of allylic oxidation sites excluding steroid dienone is 2. The fourth-order valence-corrected chi connectivity index (χ4v) is 4.65. The number of methoxy groups -OCH3 is 1. The van der Waals surface area contributed by atoms with E-state index in [4.69, 9.17) is 9.47 Å². The summed E-state index contributed by atoms with van der Waals surface area (Å²) in [6.07, 6.45) is 0. The van der Waals surface area contributed by atoms with E-state index in [-0.39, 0.29) is 11.7 Å². The predicted molar refractivity (Wildman–Crippen MR) is 133 cm³/mol. The summed E-state index contributed by atoms with van der Waals surface area (Å²) in [6, 6.07) is 17.1. The maximum atomic E-state index is 12.7. The Hall–Kier alpha value is -3.70. The highest BCUT2D eigenvalue weighted by Gasteiger charge is 2.37. The van der Waals surface area contributed by atoms with Gasteiger partial charge < -0.3 is 20.1 Å². The molecule has 2 N–H and O–H groups in total. The number of amides is 1. The zero-order valence-electron chi connectivity index (χ0n) is 19.6. The van der Waals surface area contributed by atoms with E-state index in [9.17, 15) is 14.9 Å². The number of nitrogens with one attached hydrogen (secondary N) is 2. The highest BCUT2D eigenvalue weighted by Crippen LogP contribution is 2.43. The molecule has 0 spiro atoms. The first-order valence-electron chi connectivity index (χ1n) is 10.8. The molecule has 8 heteroatoms. The Morgan fingerprint density at radius 1 is 1.15 bits per heavy atom. The lowest BCUT2D eigenvalue weighted by atomic mass is 9.82. The van der Waals surface area contributed by atoms with E-state index in [0.29, 0.717) is 39.8 Å². The second-order valence-corrected chi connectivity index (χ2v) is 8.55. The number of hydrogen-bond acceptors (Lipinski definition) is 7. The van der Waals surface area contributed by atoms with Gasteiger partial charge in [-0.15, -0.1) is 0 Å². The van der Waals surface area contributed by atoms with E-state index in [1.165, 1.54) is 18.9 Å². The molecule has 0 unspecified atom stereocenters. The van der Waals surface area contributed by atoms with Gasteiger partial charge in [0.2, 0.25) is 5.91 Å². The maximum Gasteiger partial charge on any atom is 0.336 e. The largest absolute Gasteiger partial charge is 0.494 e. The van der Waals surface area contributed by atoms with Gasteiger partial charge in [-0.2, -0.15) is 5.26 Å². The number of anilines is 1. The molecule has 176 valence electrons. The quantitative estimate of drug-likeness (QED) is 0.535. The van der Waals surface area contributed by atoms with Crippen LogP contribution in [0.15, 0.2) is 70.4 Å². The minimum absolute atomic E-state index is 0.0858. The standard InChI is InChI=1S/C26H27N3O4S/c1-5-33-21-13-9-7-11-18(21)24-19(14-27)25(28-17(3)23(24)26(31)32-4)34-15-22(30)29-20-12-8-6-10-16(20)2/h6-13,24,28H,5,15H2,1-4H3,(H,29,30)/t24-/m1/s1. The Morgan fingerprint density at radius 3 is 2.53 bits per heavy atom. The number of rotatable bonds is 8. The average molecular weight is 478 g/mol. The molecule has 1 amide bonds. The van der Waals surface area contributed by atoms with Gasteiger partial charge >= 0.3 is 5.97 Å². The van der Waals surface area contributed by atoms with Crippen molar-refractivity contribution >= 4 is 29.3 Å². The van der Waals surface area contributed by atoms with Gasteiger partial charge in [0.05, 0.1) is 47.6 Å². The Balaban J connectivity index is 1.96. The van der Waals surface area contributed by atoms with E-state index in [1.54, 1.807) is 6.92 Å². The van der Waals surface area contributed by atoms with Crippen molar-refractivity contribution in [3.63, 3.8) is 0 Å². The SMILES string of the molecule is CCOc1ccccc1[C@@H]1C(C#N)=C(SCC(=O)Nc2ccccc2C)NC(C)=C1C(=O)OC. The van der Waals surface area contributed by atoms with Crippen LogP contribution in [-0.2, 0) is 14.3 Å². The molecule has 34 heavy (non-hydrogen) atoms. The summed E-state index contributed by atoms with van der Waals surface area (Å²) in [7, 11) is 1.31. The number of aryl methyl sites for hydroxylation is 1. The van der Waals surface area contributed by atoms with Gasteiger partial charge in [0.1, 0.15) is 5.75 Å². The molecule has 2 aromatic rings. The van der Waals surface area contributed by atoms with Crippen LogP contribution in [0.1, 0.15) is 30.9 Å². The Morgan fingerprint density at radius 2 is 1.85 bits per heavy atom. The molecule has 0 fully saturated rings. The Kier molecular flexibility index (Phi) is 8.39. The Bertz CT molecular complexity index is 1200. The van der Waals surface area contributed by atoms with Gasteiger partial charge in [-0.05, 0) is 38.5 Å². The monoisotopic (exact) mass is 477 g/mol. The molecular weight excluding hydrogens is 450 g/mol. The lowest BCUT2D eigenvalue weighted by molar-refractivity contribution is -0.136. The van der Waals surface area contributed by atoms with E-state index in [2.05, 4.69) is 16.7 Å². The number of ether oxygens (including phenoxy) is 2. The van der Waals surface area contributed by atoms with Gasteiger partial charge in [0, 0.05) is 16.9 Å². The minimum Gasteiger partial charge on any atom is -0.494 e. The van der Waals surface area contributed by atoms with Crippen molar-refractivity contribution in [2.75, 3.05) is 24.8 Å². The highest BCUT2D eigenvalue weighted by atomic mass is 32.2. The smallest absolute Gasteiger partial charge is 0.336 e. The zero-order valence-corrected chi connectivity index (χ0v) is 20.4. The molecule has 0 bridgehead atoms. The van der Waals surface area contributed by atoms with Crippen molar-refractivity contribution in [2.24, 2.45) is 0 Å². The molecule has 0 saturated carbocycles. The summed E-state index contributed by atoms with van der Waals surface area (Å²) < 4.78 is 10.8. The molecule has 1 aliphatic rings. The number of carbonyl (C=O) groups excluding carboxylic acids is 2. The van der Waals surface area contributed by atoms with Gasteiger partial charge in [-0.1, -0.05) is 48.2 Å². The van der Waals surface area contributed by atoms with Crippen molar-refractivity contribution in [3.05, 3.63) is 81.5 Å². The first-order chi connectivity index (χ1) is 16.4. The van der Waals surface area contributed by atoms with Crippen molar-refractivity contribution < 1.29 is 19.1 Å². The summed E-state index contributed by atoms with van der Waals surface area (Å²) in [4.78, 5) is 25.4. The number of hydrogen-bond donors (Lipinski definition) is 2. The number of carbonyl (C=O) groups is 2. The molecule has 2 aromatic carbocycles. The van der Waals surface area contributed by atoms with Crippen LogP contribution in [-0.4, -0.2) is 31.3 Å². The number of para-hydroxylation sites is 2. The molecule has 1 heterocycles. The summed E-state index contributed by atoms with van der Waals surface area (Å²) in [5.41, 5.74) is 3.61. The molecule has 3 rings (SSSR count). The number of nitriles is 1. The van der Waals surface area contributed by atoms with Crippen LogP contribution < -0.4 is 15.4 Å². The fraction of sp³-hybridized carbons (Fsp3) is 0.269. The van der Waals surface area contributed by atoms with Crippen molar-refractivity contribution in [3.8, 4) is 11.8 Å². The lowest BCUT2D eigenvalue weighted by Gasteiger charge is -2.30. The molecule has 0 saturated heterocycles. The molecule has 1 aliphatic heterocycles. The first-order valence-corrected chi connectivity index (χ1v) is 11.8. The summed E-state index contributed by atoms with van der Waals surface area (Å²) in [5.74, 6) is -0.750. The molecule has 0 aliphatic carbocycles. The van der Waals surface area contributed by atoms with Crippen LogP contribution in [0.2, 0.25) is 0 Å². The Labute approximate surface area is 203 Å². The molecular formula is C26H27N3O4S. The van der Waals surface area contributed by atoms with Crippen LogP contribution in [0.3, 0.4) is 0 Å². The first kappa shape index (κ1) is 24.9. The molecule has 1 atom stereocenters. The minimum atomic E-state index is -0.691. The summed E-state index contributed by atoms with van der Waals surface area (Å²) in [5, 5.41) is 16.7. The zero-order chi connectivity index (χ0) is 24.7. The van der Waals surface area contributed by atoms with E-state index in [0.717, 1.165) is 11.3 Å². The van der Waals surface area contributed by atoms with E-state index < -0.39 is 11.9 Å². The number of esters is 1. The number of thioether (sulfide) groups is 1. The molecule has 0 aromatic heterocycles. The van der Waals surface area contributed by atoms with Gasteiger partial charge in [0.15, 0.2) is 0 Å². The van der Waals surface area contributed by atoms with E-state index >= 15 is 0 Å². The number of dihydropyridines is 1. The summed E-state index contributed by atoms with van der Waals surface area (Å²) in [6.45, 7) is 5.98. The van der Waals surface area contributed by atoms with Gasteiger partial charge in [-0.3, -0.25) is 4.79 Å². The second-order valence-electron chi connectivity index (χ2n) is 7.57. The van der Waals surface area contributed by atoms with Crippen LogP contribution >= 0.6 is 11.8 Å². The van der Waals surface area contributed by atoms with Crippen molar-refractivity contribution in [2.45, 2.75) is 26.7 Å². The van der Waals surface area contributed by atoms with Crippen LogP contribution in [0, 0.1) is 18.3 Å². The third-order valence-electron chi connectivity index (χ3n) is 5.35. The average Bonchev–Trinajstić information content (AvgIpc) is 2.84. The topological polar surface area (TPSA) is 100 Å².